The minimum absolute atomic E-state index is 0.207. The Kier molecular flexibility index (Phi) is 5.23. The summed E-state index contributed by atoms with van der Waals surface area (Å²) in [5.41, 5.74) is 3.43. The summed E-state index contributed by atoms with van der Waals surface area (Å²) in [6.45, 7) is 3.29. The topological polar surface area (TPSA) is 47.3 Å². The highest BCUT2D eigenvalue weighted by molar-refractivity contribution is 4.95. The van der Waals surface area contributed by atoms with E-state index >= 15 is 0 Å². The van der Waals surface area contributed by atoms with Gasteiger partial charge in [0.1, 0.15) is 0 Å². The number of nitrogens with one attached hydrogen (secondary N) is 1. The Labute approximate surface area is 130 Å². The Morgan fingerprint density at radius 2 is 1.95 bits per heavy atom. The van der Waals surface area contributed by atoms with Crippen LogP contribution in [0, 0.1) is 17.8 Å². The van der Waals surface area contributed by atoms with Gasteiger partial charge in [-0.05, 0) is 56.3 Å². The minimum atomic E-state index is 0.207. The van der Waals surface area contributed by atoms with Crippen LogP contribution >= 0.6 is 0 Å². The lowest BCUT2D eigenvalue weighted by molar-refractivity contribution is -0.124. The van der Waals surface area contributed by atoms with Gasteiger partial charge in [0.05, 0.1) is 5.60 Å². The molecule has 1 heterocycles. The zero-order valence-electron chi connectivity index (χ0n) is 13.8. The second-order valence-corrected chi connectivity index (χ2v) is 7.88. The van der Waals surface area contributed by atoms with Crippen LogP contribution in [0.25, 0.3) is 0 Å². The summed E-state index contributed by atoms with van der Waals surface area (Å²) in [5.74, 6) is 8.46. The number of hydrogen-bond donors (Lipinski definition) is 2. The molecule has 2 saturated carbocycles. The Morgan fingerprint density at radius 3 is 2.62 bits per heavy atom. The van der Waals surface area contributed by atoms with E-state index in [0.717, 1.165) is 24.4 Å². The molecule has 1 saturated heterocycles. The lowest BCUT2D eigenvalue weighted by atomic mass is 9.72. The molecule has 0 aromatic carbocycles. The maximum Gasteiger partial charge on any atom is 0.0685 e. The van der Waals surface area contributed by atoms with Crippen molar-refractivity contribution in [1.82, 2.24) is 5.43 Å². The molecule has 2 aliphatic carbocycles. The largest absolute Gasteiger partial charge is 0.375 e. The molecule has 1 spiro atoms. The van der Waals surface area contributed by atoms with E-state index in [9.17, 15) is 0 Å². The molecule has 1 aliphatic heterocycles. The van der Waals surface area contributed by atoms with E-state index in [-0.39, 0.29) is 5.60 Å². The van der Waals surface area contributed by atoms with E-state index in [1.54, 1.807) is 0 Å². The number of rotatable bonds is 4. The molecule has 0 amide bonds. The van der Waals surface area contributed by atoms with Crippen LogP contribution in [0.15, 0.2) is 0 Å². The smallest absolute Gasteiger partial charge is 0.0685 e. The van der Waals surface area contributed by atoms with Crippen molar-refractivity contribution >= 4 is 0 Å². The highest BCUT2D eigenvalue weighted by atomic mass is 16.5. The average Bonchev–Trinajstić information content (AvgIpc) is 2.98. The van der Waals surface area contributed by atoms with E-state index in [2.05, 4.69) is 12.3 Å². The van der Waals surface area contributed by atoms with Crippen LogP contribution in [-0.2, 0) is 4.74 Å². The number of hydrazine groups is 1. The quantitative estimate of drug-likeness (QED) is 0.613. The summed E-state index contributed by atoms with van der Waals surface area (Å²) in [4.78, 5) is 0. The second-order valence-electron chi connectivity index (χ2n) is 7.88. The Morgan fingerprint density at radius 1 is 1.14 bits per heavy atom. The molecule has 3 rings (SSSR count). The minimum Gasteiger partial charge on any atom is -0.375 e. The van der Waals surface area contributed by atoms with Crippen LogP contribution < -0.4 is 11.3 Å². The molecule has 3 heteroatoms. The van der Waals surface area contributed by atoms with Gasteiger partial charge < -0.3 is 4.74 Å². The molecule has 4 atom stereocenters. The van der Waals surface area contributed by atoms with E-state index in [1.165, 1.54) is 70.6 Å². The Bertz CT molecular complexity index is 322. The van der Waals surface area contributed by atoms with Crippen LogP contribution in [-0.4, -0.2) is 18.2 Å². The molecule has 0 aromatic heterocycles. The van der Waals surface area contributed by atoms with Gasteiger partial charge >= 0.3 is 0 Å². The van der Waals surface area contributed by atoms with E-state index < -0.39 is 0 Å². The molecule has 0 radical (unpaired) electrons. The first-order chi connectivity index (χ1) is 10.3. The summed E-state index contributed by atoms with van der Waals surface area (Å²) >= 11 is 0. The molecule has 3 N–H and O–H groups in total. The molecule has 0 aromatic rings. The molecule has 0 bridgehead atoms. The molecular weight excluding hydrogens is 260 g/mol. The highest BCUT2D eigenvalue weighted by Gasteiger charge is 2.43. The zero-order chi connectivity index (χ0) is 14.7. The third kappa shape index (κ3) is 3.46. The fourth-order valence-corrected chi connectivity index (χ4v) is 5.38. The normalized spacial score (nSPS) is 37.7. The number of ether oxygens (including phenoxy) is 1. The van der Waals surface area contributed by atoms with Crippen molar-refractivity contribution in [2.24, 2.45) is 23.6 Å². The molecule has 122 valence electrons. The maximum atomic E-state index is 6.27. The molecular formula is C18H34N2O. The average molecular weight is 294 g/mol. The fraction of sp³-hybridized carbons (Fsp3) is 1.00. The van der Waals surface area contributed by atoms with Crippen molar-refractivity contribution in [3.63, 3.8) is 0 Å². The van der Waals surface area contributed by atoms with Crippen molar-refractivity contribution in [2.75, 3.05) is 6.61 Å². The zero-order valence-corrected chi connectivity index (χ0v) is 13.8. The summed E-state index contributed by atoms with van der Waals surface area (Å²) in [5, 5.41) is 0. The molecule has 3 nitrogen and oxygen atoms in total. The van der Waals surface area contributed by atoms with E-state index in [0.29, 0.717) is 6.04 Å². The van der Waals surface area contributed by atoms with Crippen LogP contribution in [0.5, 0.6) is 0 Å². The van der Waals surface area contributed by atoms with E-state index in [1.807, 2.05) is 0 Å². The molecule has 3 fully saturated rings. The van der Waals surface area contributed by atoms with E-state index in [4.69, 9.17) is 10.6 Å². The van der Waals surface area contributed by atoms with Crippen LogP contribution in [0.4, 0.5) is 0 Å². The van der Waals surface area contributed by atoms with Crippen molar-refractivity contribution in [2.45, 2.75) is 89.2 Å². The van der Waals surface area contributed by atoms with Crippen molar-refractivity contribution < 1.29 is 4.74 Å². The van der Waals surface area contributed by atoms with Crippen molar-refractivity contribution in [1.29, 1.82) is 0 Å². The van der Waals surface area contributed by atoms with Gasteiger partial charge in [-0.1, -0.05) is 39.0 Å². The van der Waals surface area contributed by atoms with Gasteiger partial charge in [0.2, 0.25) is 0 Å². The third-order valence-electron chi connectivity index (χ3n) is 6.66. The SMILES string of the molecule is CCC1CCC(C(NN)C2CCOC3(CCCCC3)C2)C1. The lowest BCUT2D eigenvalue weighted by Crippen LogP contribution is -2.51. The van der Waals surface area contributed by atoms with Crippen molar-refractivity contribution in [3.05, 3.63) is 0 Å². The first-order valence-electron chi connectivity index (χ1n) is 9.36. The number of hydrogen-bond acceptors (Lipinski definition) is 3. The molecule has 3 aliphatic rings. The Hall–Kier alpha value is -0.120. The second kappa shape index (κ2) is 6.97. The monoisotopic (exact) mass is 294 g/mol. The predicted molar refractivity (Wildman–Crippen MR) is 86.7 cm³/mol. The first-order valence-corrected chi connectivity index (χ1v) is 9.36. The van der Waals surface area contributed by atoms with Gasteiger partial charge in [0.25, 0.3) is 0 Å². The van der Waals surface area contributed by atoms with Gasteiger partial charge in [0, 0.05) is 12.6 Å². The molecule has 4 unspecified atom stereocenters. The van der Waals surface area contributed by atoms with Crippen molar-refractivity contribution in [3.8, 4) is 0 Å². The summed E-state index contributed by atoms with van der Waals surface area (Å²) < 4.78 is 6.27. The van der Waals surface area contributed by atoms with Gasteiger partial charge in [-0.15, -0.1) is 0 Å². The maximum absolute atomic E-state index is 6.27. The van der Waals surface area contributed by atoms with Gasteiger partial charge in [-0.25, -0.2) is 0 Å². The summed E-state index contributed by atoms with van der Waals surface area (Å²) in [6.07, 6.45) is 14.6. The Balaban J connectivity index is 1.63. The first kappa shape index (κ1) is 15.8. The standard InChI is InChI=1S/C18H34N2O/c1-2-14-6-7-15(12-14)17(20-19)16-8-11-21-18(13-16)9-4-3-5-10-18/h14-17,20H,2-13,19H2,1H3. The fourth-order valence-electron chi connectivity index (χ4n) is 5.38. The molecule has 21 heavy (non-hydrogen) atoms. The predicted octanol–water partition coefficient (Wildman–Crippen LogP) is 3.77. The van der Waals surface area contributed by atoms with Crippen LogP contribution in [0.1, 0.15) is 77.6 Å². The lowest BCUT2D eigenvalue weighted by Gasteiger charge is -2.46. The highest BCUT2D eigenvalue weighted by Crippen LogP contribution is 2.45. The third-order valence-corrected chi connectivity index (χ3v) is 6.66. The van der Waals surface area contributed by atoms with Gasteiger partial charge in [-0.3, -0.25) is 11.3 Å². The summed E-state index contributed by atoms with van der Waals surface area (Å²) in [6, 6.07) is 0.518. The van der Waals surface area contributed by atoms with Gasteiger partial charge in [-0.2, -0.15) is 0 Å². The van der Waals surface area contributed by atoms with Crippen LogP contribution in [0.2, 0.25) is 0 Å². The van der Waals surface area contributed by atoms with Gasteiger partial charge in [0.15, 0.2) is 0 Å². The summed E-state index contributed by atoms with van der Waals surface area (Å²) in [7, 11) is 0. The number of nitrogens with two attached hydrogens (primary N) is 1. The van der Waals surface area contributed by atoms with Crippen LogP contribution in [0.3, 0.4) is 0 Å².